The van der Waals surface area contributed by atoms with E-state index >= 15 is 0 Å². The summed E-state index contributed by atoms with van der Waals surface area (Å²) >= 11 is 1.85. The highest BCUT2D eigenvalue weighted by molar-refractivity contribution is 7.99. The lowest BCUT2D eigenvalue weighted by Gasteiger charge is -2.04. The molecule has 0 spiro atoms. The predicted octanol–water partition coefficient (Wildman–Crippen LogP) is 3.47. The molecule has 108 valence electrons. The third-order valence-electron chi connectivity index (χ3n) is 3.25. The van der Waals surface area contributed by atoms with Gasteiger partial charge in [-0.3, -0.25) is 0 Å². The van der Waals surface area contributed by atoms with Gasteiger partial charge in [0.1, 0.15) is 0 Å². The number of aryl methyl sites for hydroxylation is 2. The minimum absolute atomic E-state index is 0.626. The summed E-state index contributed by atoms with van der Waals surface area (Å²) in [6.07, 6.45) is 2.71. The molecule has 0 aliphatic rings. The predicted molar refractivity (Wildman–Crippen MR) is 83.6 cm³/mol. The zero-order valence-electron chi connectivity index (χ0n) is 12.0. The van der Waals surface area contributed by atoms with Gasteiger partial charge >= 0.3 is 0 Å². The first-order valence-corrected chi connectivity index (χ1v) is 8.00. The number of hydrogen-bond donors (Lipinski definition) is 1. The molecule has 0 aliphatic carbocycles. The quantitative estimate of drug-likeness (QED) is 0.791. The lowest BCUT2D eigenvalue weighted by atomic mass is 10.1. The Morgan fingerprint density at radius 2 is 2.10 bits per heavy atom. The number of hydrogen-bond acceptors (Lipinski definition) is 5. The highest BCUT2D eigenvalue weighted by Crippen LogP contribution is 2.18. The number of anilines is 1. The molecular formula is C15H21N3OS. The Bertz CT molecular complexity index is 541. The molecule has 2 N–H and O–H groups in total. The van der Waals surface area contributed by atoms with Crippen LogP contribution in [0.5, 0.6) is 0 Å². The molecule has 2 rings (SSSR count). The minimum atomic E-state index is 0.626. The number of benzene rings is 1. The highest BCUT2D eigenvalue weighted by Gasteiger charge is 2.09. The van der Waals surface area contributed by atoms with E-state index in [-0.39, 0.29) is 0 Å². The Kier molecular flexibility index (Phi) is 5.47. The first-order chi connectivity index (χ1) is 9.69. The molecule has 1 atom stereocenters. The van der Waals surface area contributed by atoms with E-state index in [9.17, 15) is 0 Å². The zero-order chi connectivity index (χ0) is 14.4. The van der Waals surface area contributed by atoms with Crippen molar-refractivity contribution in [3.8, 4) is 0 Å². The molecule has 0 fully saturated rings. The maximum Gasteiger partial charge on any atom is 0.227 e. The van der Waals surface area contributed by atoms with E-state index in [1.54, 1.807) is 0 Å². The monoisotopic (exact) mass is 291 g/mol. The van der Waals surface area contributed by atoms with Gasteiger partial charge in [0, 0.05) is 17.4 Å². The highest BCUT2D eigenvalue weighted by atomic mass is 32.2. The molecule has 0 amide bonds. The van der Waals surface area contributed by atoms with Crippen LogP contribution in [-0.4, -0.2) is 15.4 Å². The number of nitrogens with two attached hydrogens (primary N) is 1. The largest absolute Gasteiger partial charge is 0.399 e. The van der Waals surface area contributed by atoms with Crippen molar-refractivity contribution in [3.05, 3.63) is 41.5 Å². The molecule has 1 aromatic heterocycles. The maximum absolute atomic E-state index is 5.92. The molecule has 0 radical (unpaired) electrons. The lowest BCUT2D eigenvalue weighted by Crippen LogP contribution is -1.97. The van der Waals surface area contributed by atoms with Gasteiger partial charge in [-0.15, -0.1) is 0 Å². The number of rotatable bonds is 7. The van der Waals surface area contributed by atoms with Crippen molar-refractivity contribution in [2.24, 2.45) is 0 Å². The van der Waals surface area contributed by atoms with Crippen LogP contribution in [0.1, 0.15) is 37.5 Å². The van der Waals surface area contributed by atoms with Gasteiger partial charge in [-0.1, -0.05) is 37.2 Å². The van der Waals surface area contributed by atoms with Crippen molar-refractivity contribution in [2.45, 2.75) is 44.1 Å². The van der Waals surface area contributed by atoms with Gasteiger partial charge in [0.25, 0.3) is 0 Å². The number of nitrogens with zero attached hydrogens (tertiary/aromatic N) is 2. The fourth-order valence-corrected chi connectivity index (χ4v) is 2.57. The topological polar surface area (TPSA) is 64.9 Å². The first kappa shape index (κ1) is 14.9. The van der Waals surface area contributed by atoms with Gasteiger partial charge < -0.3 is 10.3 Å². The van der Waals surface area contributed by atoms with Crippen LogP contribution in [0.2, 0.25) is 0 Å². The smallest absolute Gasteiger partial charge is 0.227 e. The van der Waals surface area contributed by atoms with E-state index in [4.69, 9.17) is 10.3 Å². The summed E-state index contributed by atoms with van der Waals surface area (Å²) in [5.41, 5.74) is 7.86. The average Bonchev–Trinajstić information content (AvgIpc) is 2.92. The summed E-state index contributed by atoms with van der Waals surface area (Å²) in [6, 6.07) is 7.88. The Hall–Kier alpha value is -1.49. The normalized spacial score (nSPS) is 12.5. The van der Waals surface area contributed by atoms with E-state index in [1.165, 1.54) is 0 Å². The maximum atomic E-state index is 5.92. The standard InChI is InChI=1S/C15H21N3OS/c1-3-11(2)20-10-14-17-15(19-18-14)9-8-12-6-4-5-7-13(12)16/h4-7,11H,3,8-10,16H2,1-2H3. The Morgan fingerprint density at radius 1 is 1.30 bits per heavy atom. The Morgan fingerprint density at radius 3 is 2.85 bits per heavy atom. The number of nitrogen functional groups attached to an aromatic ring is 1. The van der Waals surface area contributed by atoms with Crippen LogP contribution in [-0.2, 0) is 18.6 Å². The SMILES string of the molecule is CCC(C)SCc1noc(CCc2ccccc2N)n1. The van der Waals surface area contributed by atoms with Crippen LogP contribution < -0.4 is 5.73 Å². The molecule has 1 aromatic carbocycles. The average molecular weight is 291 g/mol. The van der Waals surface area contributed by atoms with Crippen molar-refractivity contribution in [2.75, 3.05) is 5.73 Å². The number of aromatic nitrogens is 2. The lowest BCUT2D eigenvalue weighted by molar-refractivity contribution is 0.374. The summed E-state index contributed by atoms with van der Waals surface area (Å²) in [7, 11) is 0. The molecule has 0 bridgehead atoms. The third kappa shape index (κ3) is 4.27. The molecule has 0 aliphatic heterocycles. The first-order valence-electron chi connectivity index (χ1n) is 6.95. The fourth-order valence-electron chi connectivity index (χ4n) is 1.79. The van der Waals surface area contributed by atoms with Crippen molar-refractivity contribution >= 4 is 17.4 Å². The van der Waals surface area contributed by atoms with Gasteiger partial charge in [-0.05, 0) is 24.5 Å². The Labute approximate surface area is 124 Å². The third-order valence-corrected chi connectivity index (χ3v) is 4.57. The second kappa shape index (κ2) is 7.33. The second-order valence-electron chi connectivity index (χ2n) is 4.83. The van der Waals surface area contributed by atoms with Crippen LogP contribution >= 0.6 is 11.8 Å². The number of para-hydroxylation sites is 1. The molecule has 1 heterocycles. The van der Waals surface area contributed by atoms with Gasteiger partial charge in [0.15, 0.2) is 5.82 Å². The second-order valence-corrected chi connectivity index (χ2v) is 6.26. The summed E-state index contributed by atoms with van der Waals surface area (Å²) in [4.78, 5) is 4.42. The van der Waals surface area contributed by atoms with E-state index in [2.05, 4.69) is 24.0 Å². The van der Waals surface area contributed by atoms with E-state index < -0.39 is 0 Å². The summed E-state index contributed by atoms with van der Waals surface area (Å²) in [6.45, 7) is 4.40. The molecule has 1 unspecified atom stereocenters. The van der Waals surface area contributed by atoms with Crippen LogP contribution in [0.4, 0.5) is 5.69 Å². The van der Waals surface area contributed by atoms with Crippen molar-refractivity contribution in [1.82, 2.24) is 10.1 Å². The molecule has 0 saturated carbocycles. The van der Waals surface area contributed by atoms with Gasteiger partial charge in [-0.25, -0.2) is 0 Å². The van der Waals surface area contributed by atoms with Crippen LogP contribution in [0.3, 0.4) is 0 Å². The Balaban J connectivity index is 1.85. The summed E-state index contributed by atoms with van der Waals surface area (Å²) in [5.74, 6) is 2.28. The van der Waals surface area contributed by atoms with Crippen molar-refractivity contribution in [3.63, 3.8) is 0 Å². The minimum Gasteiger partial charge on any atom is -0.399 e. The molecule has 20 heavy (non-hydrogen) atoms. The van der Waals surface area contributed by atoms with E-state index in [0.29, 0.717) is 11.1 Å². The summed E-state index contributed by atoms with van der Waals surface area (Å²) < 4.78 is 5.28. The number of thioether (sulfide) groups is 1. The van der Waals surface area contributed by atoms with Gasteiger partial charge in [0.2, 0.25) is 5.89 Å². The van der Waals surface area contributed by atoms with E-state index in [1.807, 2.05) is 36.0 Å². The zero-order valence-corrected chi connectivity index (χ0v) is 12.8. The van der Waals surface area contributed by atoms with Crippen LogP contribution in [0.25, 0.3) is 0 Å². The fraction of sp³-hybridized carbons (Fsp3) is 0.467. The van der Waals surface area contributed by atoms with Gasteiger partial charge in [-0.2, -0.15) is 16.7 Å². The van der Waals surface area contributed by atoms with Crippen molar-refractivity contribution in [1.29, 1.82) is 0 Å². The molecule has 4 nitrogen and oxygen atoms in total. The summed E-state index contributed by atoms with van der Waals surface area (Å²) in [5, 5.41) is 4.64. The van der Waals surface area contributed by atoms with Crippen LogP contribution in [0, 0.1) is 0 Å². The molecule has 5 heteroatoms. The molecular weight excluding hydrogens is 270 g/mol. The van der Waals surface area contributed by atoms with E-state index in [0.717, 1.165) is 42.1 Å². The molecule has 0 saturated heterocycles. The van der Waals surface area contributed by atoms with Gasteiger partial charge in [0.05, 0.1) is 5.75 Å². The van der Waals surface area contributed by atoms with Crippen molar-refractivity contribution < 1.29 is 4.52 Å². The molecule has 2 aromatic rings. The van der Waals surface area contributed by atoms with Crippen LogP contribution in [0.15, 0.2) is 28.8 Å².